The Bertz CT molecular complexity index is 1260. The van der Waals surface area contributed by atoms with Gasteiger partial charge < -0.3 is 14.6 Å². The first-order valence-corrected chi connectivity index (χ1v) is 10.9. The van der Waals surface area contributed by atoms with Crippen molar-refractivity contribution in [3.8, 4) is 11.3 Å². The van der Waals surface area contributed by atoms with E-state index in [-0.39, 0.29) is 0 Å². The number of hydrogen-bond acceptors (Lipinski definition) is 8. The number of pyridine rings is 1. The SMILES string of the molecule is Cc1nc2cc(-c3ccc4ncc(N5CC(N6CCN[C@H](C)C6)C5)nc4n3)ccc2o1. The van der Waals surface area contributed by atoms with Gasteiger partial charge in [-0.2, -0.15) is 0 Å². The molecule has 0 bridgehead atoms. The van der Waals surface area contributed by atoms with Gasteiger partial charge in [-0.3, -0.25) is 4.90 Å². The topological polar surface area (TPSA) is 83.2 Å². The van der Waals surface area contributed by atoms with E-state index in [9.17, 15) is 0 Å². The van der Waals surface area contributed by atoms with Crippen LogP contribution in [0.25, 0.3) is 33.5 Å². The van der Waals surface area contributed by atoms with Gasteiger partial charge in [-0.25, -0.2) is 19.9 Å². The summed E-state index contributed by atoms with van der Waals surface area (Å²) in [6.07, 6.45) is 1.87. The number of hydrogen-bond donors (Lipinski definition) is 1. The molecular weight excluding hydrogens is 390 g/mol. The Morgan fingerprint density at radius 2 is 1.94 bits per heavy atom. The summed E-state index contributed by atoms with van der Waals surface area (Å²) in [5, 5.41) is 3.51. The van der Waals surface area contributed by atoms with Gasteiger partial charge in [-0.05, 0) is 37.3 Å². The van der Waals surface area contributed by atoms with Crippen LogP contribution in [0, 0.1) is 6.92 Å². The summed E-state index contributed by atoms with van der Waals surface area (Å²) in [6, 6.07) is 11.1. The molecule has 0 saturated carbocycles. The molecule has 0 unspecified atom stereocenters. The average Bonchev–Trinajstić information content (AvgIpc) is 3.11. The monoisotopic (exact) mass is 415 g/mol. The number of benzene rings is 1. The summed E-state index contributed by atoms with van der Waals surface area (Å²) in [7, 11) is 0. The summed E-state index contributed by atoms with van der Waals surface area (Å²) in [5.41, 5.74) is 4.95. The fourth-order valence-corrected chi connectivity index (χ4v) is 4.57. The molecule has 158 valence electrons. The van der Waals surface area contributed by atoms with Gasteiger partial charge in [-0.15, -0.1) is 0 Å². The van der Waals surface area contributed by atoms with E-state index in [4.69, 9.17) is 14.4 Å². The minimum Gasteiger partial charge on any atom is -0.441 e. The zero-order valence-electron chi connectivity index (χ0n) is 17.7. The smallest absolute Gasteiger partial charge is 0.192 e. The Balaban J connectivity index is 1.24. The van der Waals surface area contributed by atoms with Crippen molar-refractivity contribution in [2.75, 3.05) is 37.6 Å². The largest absolute Gasteiger partial charge is 0.441 e. The number of oxazole rings is 1. The molecule has 0 aliphatic carbocycles. The normalized spacial score (nSPS) is 20.5. The highest BCUT2D eigenvalue weighted by Crippen LogP contribution is 2.27. The van der Waals surface area contributed by atoms with Crippen molar-refractivity contribution in [2.24, 2.45) is 0 Å². The van der Waals surface area contributed by atoms with Crippen LogP contribution in [0.5, 0.6) is 0 Å². The maximum absolute atomic E-state index is 5.58. The zero-order chi connectivity index (χ0) is 20.9. The highest BCUT2D eigenvalue weighted by atomic mass is 16.3. The number of anilines is 1. The lowest BCUT2D eigenvalue weighted by atomic mass is 10.1. The second kappa shape index (κ2) is 7.25. The predicted molar refractivity (Wildman–Crippen MR) is 120 cm³/mol. The molecule has 2 fully saturated rings. The molecule has 31 heavy (non-hydrogen) atoms. The third kappa shape index (κ3) is 3.41. The van der Waals surface area contributed by atoms with E-state index < -0.39 is 0 Å². The highest BCUT2D eigenvalue weighted by Gasteiger charge is 2.34. The van der Waals surface area contributed by atoms with Crippen molar-refractivity contribution in [3.05, 3.63) is 42.4 Å². The van der Waals surface area contributed by atoms with Crippen LogP contribution < -0.4 is 10.2 Å². The van der Waals surface area contributed by atoms with Gasteiger partial charge in [0.05, 0.1) is 11.9 Å². The minimum absolute atomic E-state index is 0.561. The second-order valence-electron chi connectivity index (χ2n) is 8.59. The standard InChI is InChI=1S/C23H25N7O/c1-14-11-29(8-7-24-14)17-12-30(13-17)22-10-25-19-5-4-18(27-23(19)28-22)16-3-6-21-20(9-16)26-15(2)31-21/h3-6,9-10,14,17,24H,7-8,11-13H2,1-2H3/t14-/m1/s1. The molecule has 1 N–H and O–H groups in total. The van der Waals surface area contributed by atoms with Crippen molar-refractivity contribution in [1.29, 1.82) is 0 Å². The molecular formula is C23H25N7O. The molecule has 0 radical (unpaired) electrons. The molecule has 1 atom stereocenters. The molecule has 6 rings (SSSR count). The van der Waals surface area contributed by atoms with Crippen LogP contribution in [0.3, 0.4) is 0 Å². The van der Waals surface area contributed by atoms with Gasteiger partial charge in [0.25, 0.3) is 0 Å². The first-order chi connectivity index (χ1) is 15.1. The highest BCUT2D eigenvalue weighted by molar-refractivity contribution is 5.81. The van der Waals surface area contributed by atoms with Crippen molar-refractivity contribution < 1.29 is 4.42 Å². The van der Waals surface area contributed by atoms with E-state index in [1.54, 1.807) is 0 Å². The number of aromatic nitrogens is 4. The molecule has 8 nitrogen and oxygen atoms in total. The fraction of sp³-hybridized carbons (Fsp3) is 0.391. The van der Waals surface area contributed by atoms with E-state index in [1.165, 1.54) is 0 Å². The lowest BCUT2D eigenvalue weighted by molar-refractivity contribution is 0.126. The van der Waals surface area contributed by atoms with E-state index in [0.29, 0.717) is 23.6 Å². The first kappa shape index (κ1) is 18.7. The van der Waals surface area contributed by atoms with Crippen LogP contribution in [0.1, 0.15) is 12.8 Å². The van der Waals surface area contributed by atoms with E-state index in [0.717, 1.165) is 66.4 Å². The molecule has 0 amide bonds. The summed E-state index contributed by atoms with van der Waals surface area (Å²) < 4.78 is 5.58. The quantitative estimate of drug-likeness (QED) is 0.547. The number of fused-ring (bicyclic) bond motifs is 2. The van der Waals surface area contributed by atoms with Gasteiger partial charge in [-0.1, -0.05) is 0 Å². The third-order valence-electron chi connectivity index (χ3n) is 6.29. The summed E-state index contributed by atoms with van der Waals surface area (Å²) in [4.78, 5) is 23.6. The molecule has 5 heterocycles. The van der Waals surface area contributed by atoms with Crippen molar-refractivity contribution in [3.63, 3.8) is 0 Å². The number of aryl methyl sites for hydroxylation is 1. The zero-order valence-corrected chi connectivity index (χ0v) is 17.7. The molecule has 2 aliphatic rings. The van der Waals surface area contributed by atoms with Gasteiger partial charge in [0, 0.05) is 57.3 Å². The van der Waals surface area contributed by atoms with E-state index >= 15 is 0 Å². The number of nitrogens with zero attached hydrogens (tertiary/aromatic N) is 6. The lowest BCUT2D eigenvalue weighted by Gasteiger charge is -2.48. The van der Waals surface area contributed by atoms with Crippen LogP contribution in [-0.2, 0) is 0 Å². The van der Waals surface area contributed by atoms with Gasteiger partial charge in [0.2, 0.25) is 0 Å². The molecule has 1 aromatic carbocycles. The Kier molecular flexibility index (Phi) is 4.36. The van der Waals surface area contributed by atoms with Crippen molar-refractivity contribution >= 4 is 28.1 Å². The fourth-order valence-electron chi connectivity index (χ4n) is 4.57. The molecule has 4 aromatic rings. The van der Waals surface area contributed by atoms with Crippen LogP contribution in [-0.4, -0.2) is 69.6 Å². The summed E-state index contributed by atoms with van der Waals surface area (Å²) in [5.74, 6) is 1.57. The van der Waals surface area contributed by atoms with Crippen molar-refractivity contribution in [2.45, 2.75) is 25.9 Å². The molecule has 2 aliphatic heterocycles. The van der Waals surface area contributed by atoms with Crippen LogP contribution in [0.4, 0.5) is 5.82 Å². The Labute approximate surface area is 180 Å². The Morgan fingerprint density at radius 1 is 1.03 bits per heavy atom. The van der Waals surface area contributed by atoms with Crippen LogP contribution in [0.15, 0.2) is 40.9 Å². The average molecular weight is 416 g/mol. The van der Waals surface area contributed by atoms with Crippen LogP contribution >= 0.6 is 0 Å². The van der Waals surface area contributed by atoms with E-state index in [2.05, 4.69) is 32.0 Å². The number of nitrogens with one attached hydrogen (secondary N) is 1. The lowest BCUT2D eigenvalue weighted by Crippen LogP contribution is -2.64. The predicted octanol–water partition coefficient (Wildman–Crippen LogP) is 2.62. The first-order valence-electron chi connectivity index (χ1n) is 10.9. The molecule has 3 aromatic heterocycles. The summed E-state index contributed by atoms with van der Waals surface area (Å²) >= 11 is 0. The number of rotatable bonds is 3. The van der Waals surface area contributed by atoms with E-state index in [1.807, 2.05) is 43.5 Å². The van der Waals surface area contributed by atoms with Gasteiger partial charge in [0.15, 0.2) is 17.1 Å². The molecule has 2 saturated heterocycles. The third-order valence-corrected chi connectivity index (χ3v) is 6.29. The summed E-state index contributed by atoms with van der Waals surface area (Å²) in [6.45, 7) is 9.40. The number of piperazine rings is 1. The van der Waals surface area contributed by atoms with Gasteiger partial charge in [0.1, 0.15) is 16.9 Å². The Hall–Kier alpha value is -3.10. The minimum atomic E-state index is 0.561. The molecule has 8 heteroatoms. The maximum Gasteiger partial charge on any atom is 0.192 e. The molecule has 0 spiro atoms. The Morgan fingerprint density at radius 3 is 2.81 bits per heavy atom. The van der Waals surface area contributed by atoms with Crippen LogP contribution in [0.2, 0.25) is 0 Å². The van der Waals surface area contributed by atoms with Crippen molar-refractivity contribution in [1.82, 2.24) is 30.2 Å². The second-order valence-corrected chi connectivity index (χ2v) is 8.59. The maximum atomic E-state index is 5.58. The van der Waals surface area contributed by atoms with Gasteiger partial charge >= 0.3 is 0 Å².